The van der Waals surface area contributed by atoms with Crippen LogP contribution in [0.5, 0.6) is 0 Å². The Labute approximate surface area is 96.7 Å². The van der Waals surface area contributed by atoms with Gasteiger partial charge in [-0.1, -0.05) is 13.8 Å². The van der Waals surface area contributed by atoms with Gasteiger partial charge in [0.1, 0.15) is 0 Å². The molecule has 1 atom stereocenters. The zero-order valence-electron chi connectivity index (χ0n) is 10.1. The van der Waals surface area contributed by atoms with Crippen LogP contribution in [0.4, 0.5) is 0 Å². The molecule has 0 bridgehead atoms. The van der Waals surface area contributed by atoms with Gasteiger partial charge in [-0.25, -0.2) is 0 Å². The molecule has 1 aromatic rings. The summed E-state index contributed by atoms with van der Waals surface area (Å²) in [5.41, 5.74) is 0.564. The van der Waals surface area contributed by atoms with E-state index in [4.69, 9.17) is 0 Å². The third kappa shape index (κ3) is 2.62. The van der Waals surface area contributed by atoms with E-state index < -0.39 is 5.60 Å². The summed E-state index contributed by atoms with van der Waals surface area (Å²) in [6, 6.07) is 2.01. The fourth-order valence-electron chi connectivity index (χ4n) is 2.24. The summed E-state index contributed by atoms with van der Waals surface area (Å²) in [6.45, 7) is 6.88. The van der Waals surface area contributed by atoms with Crippen LogP contribution >= 0.6 is 0 Å². The van der Waals surface area contributed by atoms with Gasteiger partial charge in [-0.2, -0.15) is 5.10 Å². The molecule has 0 radical (unpaired) electrons. The van der Waals surface area contributed by atoms with Crippen molar-refractivity contribution in [2.24, 2.45) is 5.92 Å². The van der Waals surface area contributed by atoms with Gasteiger partial charge in [-0.15, -0.1) is 0 Å². The molecule has 2 rings (SSSR count). The van der Waals surface area contributed by atoms with Gasteiger partial charge in [0.2, 0.25) is 0 Å². The minimum atomic E-state index is -0.575. The number of hydrogen-bond acceptors (Lipinski definition) is 3. The van der Waals surface area contributed by atoms with Crippen LogP contribution in [0.15, 0.2) is 12.3 Å². The zero-order valence-corrected chi connectivity index (χ0v) is 10.1. The molecule has 1 aliphatic rings. The van der Waals surface area contributed by atoms with Crippen LogP contribution in [0.1, 0.15) is 26.0 Å². The van der Waals surface area contributed by atoms with Crippen molar-refractivity contribution in [2.45, 2.75) is 38.8 Å². The highest BCUT2D eigenvalue weighted by Gasteiger charge is 2.32. The van der Waals surface area contributed by atoms with Crippen LogP contribution in [0, 0.1) is 5.92 Å². The first-order valence-electron chi connectivity index (χ1n) is 6.03. The molecular formula is C12H21N3O. The Morgan fingerprint density at radius 1 is 1.62 bits per heavy atom. The molecule has 90 valence electrons. The predicted octanol–water partition coefficient (Wildman–Crippen LogP) is 0.806. The van der Waals surface area contributed by atoms with Crippen molar-refractivity contribution in [1.82, 2.24) is 15.1 Å². The monoisotopic (exact) mass is 223 g/mol. The maximum atomic E-state index is 10.3. The van der Waals surface area contributed by atoms with Gasteiger partial charge in [0.05, 0.1) is 5.60 Å². The van der Waals surface area contributed by atoms with E-state index >= 15 is 0 Å². The topological polar surface area (TPSA) is 50.1 Å². The van der Waals surface area contributed by atoms with Crippen molar-refractivity contribution in [3.8, 4) is 0 Å². The van der Waals surface area contributed by atoms with Gasteiger partial charge in [0.15, 0.2) is 0 Å². The molecule has 0 aliphatic carbocycles. The molecule has 1 unspecified atom stereocenters. The first-order chi connectivity index (χ1) is 7.59. The Bertz CT molecular complexity index is 340. The lowest BCUT2D eigenvalue weighted by Gasteiger charge is -2.22. The SMILES string of the molecule is CC(C)Cn1nccc1CC1(O)CCNC1. The number of β-amino-alcohol motifs (C(OH)–C–C–N with tert-alkyl or cyclic N) is 1. The van der Waals surface area contributed by atoms with E-state index in [0.29, 0.717) is 18.9 Å². The van der Waals surface area contributed by atoms with E-state index in [0.717, 1.165) is 25.2 Å². The second-order valence-electron chi connectivity index (χ2n) is 5.23. The van der Waals surface area contributed by atoms with Crippen molar-refractivity contribution in [1.29, 1.82) is 0 Å². The molecule has 1 saturated heterocycles. The van der Waals surface area contributed by atoms with Crippen molar-refractivity contribution >= 4 is 0 Å². The van der Waals surface area contributed by atoms with Gasteiger partial charge in [0, 0.05) is 31.4 Å². The molecule has 0 aromatic carbocycles. The summed E-state index contributed by atoms with van der Waals surface area (Å²) in [5, 5.41) is 17.8. The second kappa shape index (κ2) is 4.55. The van der Waals surface area contributed by atoms with Crippen LogP contribution in [0.3, 0.4) is 0 Å². The summed E-state index contributed by atoms with van der Waals surface area (Å²) < 4.78 is 2.01. The molecule has 2 N–H and O–H groups in total. The minimum Gasteiger partial charge on any atom is -0.388 e. The van der Waals surface area contributed by atoms with Crippen LogP contribution in [0.25, 0.3) is 0 Å². The van der Waals surface area contributed by atoms with Crippen molar-refractivity contribution in [3.63, 3.8) is 0 Å². The van der Waals surface area contributed by atoms with E-state index in [1.54, 1.807) is 0 Å². The van der Waals surface area contributed by atoms with Gasteiger partial charge in [-0.3, -0.25) is 4.68 Å². The van der Waals surface area contributed by atoms with E-state index in [1.807, 2.05) is 16.9 Å². The highest BCUT2D eigenvalue weighted by molar-refractivity contribution is 5.07. The number of hydrogen-bond donors (Lipinski definition) is 2. The lowest BCUT2D eigenvalue weighted by molar-refractivity contribution is 0.0595. The molecule has 16 heavy (non-hydrogen) atoms. The third-order valence-electron chi connectivity index (χ3n) is 3.07. The molecular weight excluding hydrogens is 202 g/mol. The number of aromatic nitrogens is 2. The Hall–Kier alpha value is -0.870. The average Bonchev–Trinajstić information content (AvgIpc) is 2.77. The normalized spacial score (nSPS) is 25.5. The summed E-state index contributed by atoms with van der Waals surface area (Å²) in [5.74, 6) is 0.579. The standard InChI is InChI=1S/C12H21N3O/c1-10(2)8-15-11(3-5-14-15)7-12(16)4-6-13-9-12/h3,5,10,13,16H,4,6-9H2,1-2H3. The molecule has 4 heteroatoms. The highest BCUT2D eigenvalue weighted by Crippen LogP contribution is 2.20. The maximum Gasteiger partial charge on any atom is 0.0838 e. The van der Waals surface area contributed by atoms with Gasteiger partial charge < -0.3 is 10.4 Å². The van der Waals surface area contributed by atoms with Gasteiger partial charge >= 0.3 is 0 Å². The Morgan fingerprint density at radius 3 is 3.06 bits per heavy atom. The summed E-state index contributed by atoms with van der Waals surface area (Å²) in [7, 11) is 0. The van der Waals surface area contributed by atoms with Crippen LogP contribution < -0.4 is 5.32 Å². The van der Waals surface area contributed by atoms with E-state index in [-0.39, 0.29) is 0 Å². The molecule has 0 spiro atoms. The van der Waals surface area contributed by atoms with Crippen molar-refractivity contribution < 1.29 is 5.11 Å². The number of aliphatic hydroxyl groups is 1. The van der Waals surface area contributed by atoms with E-state index in [2.05, 4.69) is 24.3 Å². The number of nitrogens with zero attached hydrogens (tertiary/aromatic N) is 2. The van der Waals surface area contributed by atoms with Crippen LogP contribution in [-0.2, 0) is 13.0 Å². The Kier molecular flexibility index (Phi) is 3.30. The van der Waals surface area contributed by atoms with E-state index in [9.17, 15) is 5.11 Å². The summed E-state index contributed by atoms with van der Waals surface area (Å²) in [4.78, 5) is 0. The van der Waals surface area contributed by atoms with Crippen LogP contribution in [-0.4, -0.2) is 33.6 Å². The third-order valence-corrected chi connectivity index (χ3v) is 3.07. The Balaban J connectivity index is 2.06. The van der Waals surface area contributed by atoms with Gasteiger partial charge in [0.25, 0.3) is 0 Å². The first-order valence-corrected chi connectivity index (χ1v) is 6.03. The summed E-state index contributed by atoms with van der Waals surface area (Å²) in [6.07, 6.45) is 3.36. The molecule has 1 fully saturated rings. The molecule has 4 nitrogen and oxygen atoms in total. The number of rotatable bonds is 4. The molecule has 2 heterocycles. The van der Waals surface area contributed by atoms with Crippen molar-refractivity contribution in [3.05, 3.63) is 18.0 Å². The molecule has 0 amide bonds. The molecule has 1 aromatic heterocycles. The fourth-order valence-corrected chi connectivity index (χ4v) is 2.24. The fraction of sp³-hybridized carbons (Fsp3) is 0.750. The van der Waals surface area contributed by atoms with Gasteiger partial charge in [-0.05, 0) is 24.9 Å². The predicted molar refractivity (Wildman–Crippen MR) is 63.2 cm³/mol. The Morgan fingerprint density at radius 2 is 2.44 bits per heavy atom. The first kappa shape index (κ1) is 11.6. The lowest BCUT2D eigenvalue weighted by atomic mass is 9.97. The summed E-state index contributed by atoms with van der Waals surface area (Å²) >= 11 is 0. The quantitative estimate of drug-likeness (QED) is 0.794. The second-order valence-corrected chi connectivity index (χ2v) is 5.23. The number of nitrogens with one attached hydrogen (secondary N) is 1. The average molecular weight is 223 g/mol. The van der Waals surface area contributed by atoms with Crippen molar-refractivity contribution in [2.75, 3.05) is 13.1 Å². The largest absolute Gasteiger partial charge is 0.388 e. The smallest absolute Gasteiger partial charge is 0.0838 e. The zero-order chi connectivity index (χ0) is 11.6. The molecule has 0 saturated carbocycles. The maximum absolute atomic E-state index is 10.3. The minimum absolute atomic E-state index is 0.575. The highest BCUT2D eigenvalue weighted by atomic mass is 16.3. The molecule has 1 aliphatic heterocycles. The van der Waals surface area contributed by atoms with E-state index in [1.165, 1.54) is 0 Å². The lowest BCUT2D eigenvalue weighted by Crippen LogP contribution is -2.34. The van der Waals surface area contributed by atoms with Crippen LogP contribution in [0.2, 0.25) is 0 Å².